The number of hydrogen-bond acceptors (Lipinski definition) is 4. The first-order valence-corrected chi connectivity index (χ1v) is 9.80. The van der Waals surface area contributed by atoms with E-state index >= 15 is 0 Å². The van der Waals surface area contributed by atoms with Crippen LogP contribution < -0.4 is 5.32 Å². The maximum absolute atomic E-state index is 12.8. The summed E-state index contributed by atoms with van der Waals surface area (Å²) in [4.78, 5) is 34.0. The number of halogens is 1. The van der Waals surface area contributed by atoms with Gasteiger partial charge in [-0.05, 0) is 42.9 Å². The molecule has 2 aromatic rings. The van der Waals surface area contributed by atoms with Crippen molar-refractivity contribution in [2.45, 2.75) is 31.3 Å². The Morgan fingerprint density at radius 3 is 2.85 bits per heavy atom. The number of alkyl carbamates (subject to hydrolysis) is 1. The first-order valence-electron chi connectivity index (χ1n) is 9.00. The number of benzene rings is 1. The number of nitrogens with zero attached hydrogens (tertiary/aromatic N) is 2. The third-order valence-corrected chi connectivity index (χ3v) is 6.00. The molecule has 2 N–H and O–H groups in total. The third kappa shape index (κ3) is 3.45. The molecule has 1 aromatic carbocycles. The lowest BCUT2D eigenvalue weighted by atomic mass is 9.98. The van der Waals surface area contributed by atoms with Crippen molar-refractivity contribution in [3.05, 3.63) is 40.8 Å². The van der Waals surface area contributed by atoms with Gasteiger partial charge in [-0.2, -0.15) is 0 Å². The highest BCUT2D eigenvalue weighted by atomic mass is 79.9. The van der Waals surface area contributed by atoms with Crippen molar-refractivity contribution < 1.29 is 14.3 Å². The summed E-state index contributed by atoms with van der Waals surface area (Å²) in [6.07, 6.45) is 4.31. The second-order valence-corrected chi connectivity index (χ2v) is 7.92. The lowest BCUT2D eigenvalue weighted by molar-refractivity contribution is -0.134. The molecule has 4 rings (SSSR count). The Balaban J connectivity index is 1.55. The van der Waals surface area contributed by atoms with Gasteiger partial charge < -0.3 is 19.9 Å². The van der Waals surface area contributed by atoms with Crippen molar-refractivity contribution in [2.24, 2.45) is 5.92 Å². The van der Waals surface area contributed by atoms with E-state index in [0.717, 1.165) is 40.8 Å². The van der Waals surface area contributed by atoms with Crippen molar-refractivity contribution in [1.29, 1.82) is 0 Å². The lowest BCUT2D eigenvalue weighted by Gasteiger charge is -2.34. The van der Waals surface area contributed by atoms with Gasteiger partial charge in [0.25, 0.3) is 0 Å². The SMILES string of the molecule is COC(=O)NCC(=O)N1[C@@H]2CC[C@@H](C2)[C@H]1c1ncc(-c2ccc(Br)cc2)[nH]1. The van der Waals surface area contributed by atoms with E-state index in [4.69, 9.17) is 0 Å². The molecule has 142 valence electrons. The van der Waals surface area contributed by atoms with Crippen molar-refractivity contribution in [2.75, 3.05) is 13.7 Å². The highest BCUT2D eigenvalue weighted by Crippen LogP contribution is 2.49. The summed E-state index contributed by atoms with van der Waals surface area (Å²) in [7, 11) is 1.28. The van der Waals surface area contributed by atoms with E-state index < -0.39 is 6.09 Å². The largest absolute Gasteiger partial charge is 0.453 e. The molecule has 2 aliphatic rings. The molecule has 2 bridgehead atoms. The van der Waals surface area contributed by atoms with Gasteiger partial charge in [0.05, 0.1) is 25.0 Å². The monoisotopic (exact) mass is 432 g/mol. The summed E-state index contributed by atoms with van der Waals surface area (Å²) >= 11 is 3.44. The van der Waals surface area contributed by atoms with E-state index in [-0.39, 0.29) is 24.5 Å². The molecule has 2 amide bonds. The predicted molar refractivity (Wildman–Crippen MR) is 103 cm³/mol. The first kappa shape index (κ1) is 18.0. The average molecular weight is 433 g/mol. The summed E-state index contributed by atoms with van der Waals surface area (Å²) in [5.74, 6) is 1.12. The second kappa shape index (κ2) is 7.34. The smallest absolute Gasteiger partial charge is 0.407 e. The number of hydrogen-bond donors (Lipinski definition) is 2. The molecule has 0 radical (unpaired) electrons. The van der Waals surface area contributed by atoms with Crippen molar-refractivity contribution in [3.63, 3.8) is 0 Å². The van der Waals surface area contributed by atoms with Crippen LogP contribution in [0, 0.1) is 5.92 Å². The fourth-order valence-electron chi connectivity index (χ4n) is 4.27. The van der Waals surface area contributed by atoms with E-state index in [9.17, 15) is 9.59 Å². The summed E-state index contributed by atoms with van der Waals surface area (Å²) in [5.41, 5.74) is 1.98. The Kier molecular flexibility index (Phi) is 4.90. The van der Waals surface area contributed by atoms with Gasteiger partial charge in [0, 0.05) is 10.5 Å². The fourth-order valence-corrected chi connectivity index (χ4v) is 4.54. The molecular weight excluding hydrogens is 412 g/mol. The molecule has 1 aromatic heterocycles. The average Bonchev–Trinajstić information content (AvgIpc) is 3.41. The zero-order valence-electron chi connectivity index (χ0n) is 14.9. The molecule has 0 spiro atoms. The van der Waals surface area contributed by atoms with Crippen LogP contribution in [0.1, 0.15) is 31.1 Å². The normalized spacial score (nSPS) is 23.5. The number of imidazole rings is 1. The van der Waals surface area contributed by atoms with Crippen molar-refractivity contribution in [1.82, 2.24) is 20.2 Å². The molecule has 1 aliphatic heterocycles. The Bertz CT molecular complexity index is 851. The number of ether oxygens (including phenoxy) is 1. The summed E-state index contributed by atoms with van der Waals surface area (Å²) < 4.78 is 5.58. The number of fused-ring (bicyclic) bond motifs is 2. The lowest BCUT2D eigenvalue weighted by Crippen LogP contribution is -2.45. The van der Waals surface area contributed by atoms with Gasteiger partial charge in [-0.3, -0.25) is 4.79 Å². The van der Waals surface area contributed by atoms with Crippen LogP contribution in [-0.4, -0.2) is 46.6 Å². The summed E-state index contributed by atoms with van der Waals surface area (Å²) in [5, 5.41) is 2.49. The van der Waals surface area contributed by atoms with Crippen LogP contribution >= 0.6 is 15.9 Å². The number of methoxy groups -OCH3 is 1. The number of H-pyrrole nitrogens is 1. The number of piperidine rings is 1. The molecule has 1 saturated carbocycles. The Morgan fingerprint density at radius 1 is 1.33 bits per heavy atom. The number of carbonyl (C=O) groups excluding carboxylic acids is 2. The number of nitrogens with one attached hydrogen (secondary N) is 2. The highest BCUT2D eigenvalue weighted by molar-refractivity contribution is 9.10. The summed E-state index contributed by atoms with van der Waals surface area (Å²) in [6, 6.07) is 8.16. The minimum Gasteiger partial charge on any atom is -0.453 e. The molecule has 27 heavy (non-hydrogen) atoms. The Labute approximate surface area is 165 Å². The number of likely N-dealkylation sites (tertiary alicyclic amines) is 1. The van der Waals surface area contributed by atoms with Crippen LogP contribution in [0.3, 0.4) is 0 Å². The molecule has 7 nitrogen and oxygen atoms in total. The third-order valence-electron chi connectivity index (χ3n) is 5.47. The maximum Gasteiger partial charge on any atom is 0.407 e. The van der Waals surface area contributed by atoms with Crippen LogP contribution in [0.2, 0.25) is 0 Å². The van der Waals surface area contributed by atoms with Crippen LogP contribution in [-0.2, 0) is 9.53 Å². The molecule has 2 heterocycles. The highest BCUT2D eigenvalue weighted by Gasteiger charge is 2.49. The van der Waals surface area contributed by atoms with E-state index in [1.54, 1.807) is 0 Å². The van der Waals surface area contributed by atoms with Gasteiger partial charge in [-0.15, -0.1) is 0 Å². The van der Waals surface area contributed by atoms with Crippen molar-refractivity contribution >= 4 is 27.9 Å². The van der Waals surface area contributed by atoms with Crippen LogP contribution in [0.15, 0.2) is 34.9 Å². The molecule has 1 aliphatic carbocycles. The molecule has 3 atom stereocenters. The maximum atomic E-state index is 12.8. The zero-order valence-corrected chi connectivity index (χ0v) is 16.5. The standard InChI is InChI=1S/C19H21BrN4O3/c1-27-19(26)22-10-16(25)24-14-7-4-12(8-14)17(24)18-21-9-15(23-18)11-2-5-13(20)6-3-11/h2-3,5-6,9,12,14,17H,4,7-8,10H2,1H3,(H,21,23)(H,22,26)/t12-,14+,17-/m0/s1. The minimum absolute atomic E-state index is 0.0628. The van der Waals surface area contributed by atoms with E-state index in [1.165, 1.54) is 7.11 Å². The topological polar surface area (TPSA) is 87.3 Å². The zero-order chi connectivity index (χ0) is 19.0. The second-order valence-electron chi connectivity index (χ2n) is 7.01. The molecule has 0 unspecified atom stereocenters. The van der Waals surface area contributed by atoms with Gasteiger partial charge in [0.1, 0.15) is 12.4 Å². The van der Waals surface area contributed by atoms with Gasteiger partial charge in [0.2, 0.25) is 5.91 Å². The predicted octanol–water partition coefficient (Wildman–Crippen LogP) is 3.25. The Morgan fingerprint density at radius 2 is 2.11 bits per heavy atom. The summed E-state index contributed by atoms with van der Waals surface area (Å²) in [6.45, 7) is -0.0628. The van der Waals surface area contributed by atoms with E-state index in [0.29, 0.717) is 5.92 Å². The first-order chi connectivity index (χ1) is 13.1. The van der Waals surface area contributed by atoms with Gasteiger partial charge in [0.15, 0.2) is 0 Å². The molecule has 8 heteroatoms. The van der Waals surface area contributed by atoms with Gasteiger partial charge in [-0.1, -0.05) is 28.1 Å². The van der Waals surface area contributed by atoms with Crippen LogP contribution in [0.5, 0.6) is 0 Å². The number of carbonyl (C=O) groups is 2. The molecular formula is C19H21BrN4O3. The molecule has 2 fully saturated rings. The fraction of sp³-hybridized carbons (Fsp3) is 0.421. The van der Waals surface area contributed by atoms with Crippen LogP contribution in [0.4, 0.5) is 4.79 Å². The molecule has 1 saturated heterocycles. The van der Waals surface area contributed by atoms with E-state index in [1.807, 2.05) is 35.4 Å². The Hall–Kier alpha value is -2.35. The van der Waals surface area contributed by atoms with Gasteiger partial charge in [-0.25, -0.2) is 9.78 Å². The van der Waals surface area contributed by atoms with Gasteiger partial charge >= 0.3 is 6.09 Å². The minimum atomic E-state index is -0.597. The number of amides is 2. The van der Waals surface area contributed by atoms with Crippen molar-refractivity contribution in [3.8, 4) is 11.3 Å². The van der Waals surface area contributed by atoms with Crippen LogP contribution in [0.25, 0.3) is 11.3 Å². The number of aromatic nitrogens is 2. The van der Waals surface area contributed by atoms with E-state index in [2.05, 4.69) is 36.0 Å². The quantitative estimate of drug-likeness (QED) is 0.775. The number of aromatic amines is 1. The number of rotatable bonds is 4.